The smallest absolute Gasteiger partial charge is 0.387 e. The second kappa shape index (κ2) is 9.32. The van der Waals surface area contributed by atoms with Crippen LogP contribution in [0.1, 0.15) is 11.4 Å². The molecule has 3 aromatic rings. The molecule has 2 aromatic carbocycles. The van der Waals surface area contributed by atoms with E-state index in [1.165, 1.54) is 36.0 Å². The minimum Gasteiger partial charge on any atom is -0.435 e. The van der Waals surface area contributed by atoms with Gasteiger partial charge in [0.15, 0.2) is 5.16 Å². The molecule has 1 aromatic heterocycles. The predicted molar refractivity (Wildman–Crippen MR) is 103 cm³/mol. The number of alkyl halides is 2. The van der Waals surface area contributed by atoms with E-state index >= 15 is 0 Å². The molecule has 146 valence electrons. The summed E-state index contributed by atoms with van der Waals surface area (Å²) in [7, 11) is 0. The first-order chi connectivity index (χ1) is 13.5. The van der Waals surface area contributed by atoms with Crippen LogP contribution in [0.4, 0.5) is 14.5 Å². The van der Waals surface area contributed by atoms with Crippen LogP contribution in [0.5, 0.6) is 5.75 Å². The van der Waals surface area contributed by atoms with Gasteiger partial charge in [0, 0.05) is 5.69 Å². The van der Waals surface area contributed by atoms with E-state index in [-0.39, 0.29) is 17.4 Å². The lowest BCUT2D eigenvalue weighted by Crippen LogP contribution is -2.15. The topological polar surface area (TPSA) is 69.0 Å². The number of halogens is 2. The highest BCUT2D eigenvalue weighted by molar-refractivity contribution is 7.99. The lowest BCUT2D eigenvalue weighted by molar-refractivity contribution is -0.113. The molecule has 0 aliphatic heterocycles. The summed E-state index contributed by atoms with van der Waals surface area (Å²) in [6.07, 6.45) is 0. The standard InChI is InChI=1S/C19H18F2N4O2S/c1-13-23-24-19(25(13)11-14-5-3-2-4-6-14)28-12-17(26)22-15-7-9-16(10-8-15)27-18(20)21/h2-10,18H,11-12H2,1H3,(H,22,26). The number of nitrogens with one attached hydrogen (secondary N) is 1. The summed E-state index contributed by atoms with van der Waals surface area (Å²) in [6.45, 7) is -0.397. The van der Waals surface area contributed by atoms with Gasteiger partial charge in [0.2, 0.25) is 5.91 Å². The average molecular weight is 404 g/mol. The summed E-state index contributed by atoms with van der Waals surface area (Å²) < 4.78 is 30.5. The monoisotopic (exact) mass is 404 g/mol. The van der Waals surface area contributed by atoms with Crippen LogP contribution >= 0.6 is 11.8 Å². The van der Waals surface area contributed by atoms with Crippen LogP contribution in [0.15, 0.2) is 59.8 Å². The van der Waals surface area contributed by atoms with Gasteiger partial charge in [0.1, 0.15) is 11.6 Å². The number of aryl methyl sites for hydroxylation is 1. The molecule has 0 bridgehead atoms. The van der Waals surface area contributed by atoms with E-state index in [1.54, 1.807) is 0 Å². The van der Waals surface area contributed by atoms with Gasteiger partial charge in [-0.25, -0.2) is 0 Å². The zero-order valence-electron chi connectivity index (χ0n) is 15.0. The Kier molecular flexibility index (Phi) is 6.59. The van der Waals surface area contributed by atoms with Crippen LogP contribution in [0.3, 0.4) is 0 Å². The Bertz CT molecular complexity index is 917. The number of rotatable bonds is 8. The van der Waals surface area contributed by atoms with Crippen LogP contribution < -0.4 is 10.1 Å². The summed E-state index contributed by atoms with van der Waals surface area (Å²) in [4.78, 5) is 12.2. The van der Waals surface area contributed by atoms with Crippen LogP contribution in [0, 0.1) is 6.92 Å². The average Bonchev–Trinajstić information content (AvgIpc) is 3.02. The molecule has 0 spiro atoms. The minimum absolute atomic E-state index is 0.0341. The Hall–Kier alpha value is -2.94. The van der Waals surface area contributed by atoms with Crippen molar-refractivity contribution >= 4 is 23.4 Å². The molecule has 1 heterocycles. The number of nitrogens with zero attached hydrogens (tertiary/aromatic N) is 3. The van der Waals surface area contributed by atoms with E-state index in [4.69, 9.17) is 0 Å². The third kappa shape index (κ3) is 5.53. The molecule has 0 fully saturated rings. The molecule has 0 saturated heterocycles. The molecule has 6 nitrogen and oxygen atoms in total. The van der Waals surface area contributed by atoms with Crippen molar-refractivity contribution in [3.05, 3.63) is 66.0 Å². The molecule has 0 aliphatic carbocycles. The zero-order valence-corrected chi connectivity index (χ0v) is 15.8. The number of ether oxygens (including phenoxy) is 1. The van der Waals surface area contributed by atoms with Crippen LogP contribution in [-0.2, 0) is 11.3 Å². The van der Waals surface area contributed by atoms with E-state index < -0.39 is 6.61 Å². The summed E-state index contributed by atoms with van der Waals surface area (Å²) >= 11 is 1.28. The van der Waals surface area contributed by atoms with Gasteiger partial charge >= 0.3 is 6.61 Å². The summed E-state index contributed by atoms with van der Waals surface area (Å²) in [6, 6.07) is 15.7. The van der Waals surface area contributed by atoms with Crippen LogP contribution in [0.2, 0.25) is 0 Å². The van der Waals surface area contributed by atoms with Gasteiger partial charge in [0.05, 0.1) is 12.3 Å². The lowest BCUT2D eigenvalue weighted by Gasteiger charge is -2.09. The van der Waals surface area contributed by atoms with Crippen molar-refractivity contribution < 1.29 is 18.3 Å². The number of amides is 1. The number of thioether (sulfide) groups is 1. The highest BCUT2D eigenvalue weighted by atomic mass is 32.2. The van der Waals surface area contributed by atoms with Crippen molar-refractivity contribution in [3.8, 4) is 5.75 Å². The van der Waals surface area contributed by atoms with Gasteiger partial charge in [-0.05, 0) is 36.8 Å². The maximum absolute atomic E-state index is 12.2. The molecule has 3 rings (SSSR count). The largest absolute Gasteiger partial charge is 0.435 e. The third-order valence-corrected chi connectivity index (χ3v) is 4.75. The molecule has 1 N–H and O–H groups in total. The lowest BCUT2D eigenvalue weighted by atomic mass is 10.2. The second-order valence-electron chi connectivity index (χ2n) is 5.84. The maximum Gasteiger partial charge on any atom is 0.387 e. The van der Waals surface area contributed by atoms with Crippen molar-refractivity contribution in [2.45, 2.75) is 25.2 Å². The van der Waals surface area contributed by atoms with Gasteiger partial charge < -0.3 is 14.6 Å². The molecule has 1 amide bonds. The highest BCUT2D eigenvalue weighted by Crippen LogP contribution is 2.20. The molecular formula is C19H18F2N4O2S. The number of hydrogen-bond donors (Lipinski definition) is 1. The molecule has 0 aliphatic rings. The van der Waals surface area contributed by atoms with Gasteiger partial charge in [0.25, 0.3) is 0 Å². The van der Waals surface area contributed by atoms with E-state index in [0.717, 1.165) is 11.4 Å². The van der Waals surface area contributed by atoms with Crippen molar-refractivity contribution in [1.29, 1.82) is 0 Å². The summed E-state index contributed by atoms with van der Waals surface area (Å²) in [5.41, 5.74) is 1.61. The fourth-order valence-electron chi connectivity index (χ4n) is 2.46. The normalized spacial score (nSPS) is 10.9. The van der Waals surface area contributed by atoms with Crippen molar-refractivity contribution in [3.63, 3.8) is 0 Å². The molecule has 0 saturated carbocycles. The zero-order chi connectivity index (χ0) is 19.9. The van der Waals surface area contributed by atoms with E-state index in [1.807, 2.05) is 41.8 Å². The SMILES string of the molecule is Cc1nnc(SCC(=O)Nc2ccc(OC(F)F)cc2)n1Cc1ccccc1. The van der Waals surface area contributed by atoms with E-state index in [2.05, 4.69) is 20.3 Å². The molecule has 9 heteroatoms. The number of aromatic nitrogens is 3. The van der Waals surface area contributed by atoms with Crippen molar-refractivity contribution in [1.82, 2.24) is 14.8 Å². The number of benzene rings is 2. The molecule has 28 heavy (non-hydrogen) atoms. The Morgan fingerprint density at radius 1 is 1.14 bits per heavy atom. The van der Waals surface area contributed by atoms with Gasteiger partial charge in [-0.15, -0.1) is 10.2 Å². The highest BCUT2D eigenvalue weighted by Gasteiger charge is 2.12. The number of anilines is 1. The van der Waals surface area contributed by atoms with Gasteiger partial charge in [-0.2, -0.15) is 8.78 Å². The number of hydrogen-bond acceptors (Lipinski definition) is 5. The van der Waals surface area contributed by atoms with E-state index in [9.17, 15) is 13.6 Å². The Labute approximate surface area is 164 Å². The van der Waals surface area contributed by atoms with Crippen molar-refractivity contribution in [2.24, 2.45) is 0 Å². The van der Waals surface area contributed by atoms with Crippen molar-refractivity contribution in [2.75, 3.05) is 11.1 Å². The molecule has 0 atom stereocenters. The van der Waals surface area contributed by atoms with Crippen LogP contribution in [-0.4, -0.2) is 33.0 Å². The fraction of sp³-hybridized carbons (Fsp3) is 0.211. The Balaban J connectivity index is 1.56. The third-order valence-electron chi connectivity index (χ3n) is 3.78. The van der Waals surface area contributed by atoms with Gasteiger partial charge in [-0.1, -0.05) is 42.1 Å². The summed E-state index contributed by atoms with van der Waals surface area (Å²) in [5, 5.41) is 11.6. The minimum atomic E-state index is -2.88. The van der Waals surface area contributed by atoms with E-state index in [0.29, 0.717) is 17.4 Å². The maximum atomic E-state index is 12.2. The molecule has 0 unspecified atom stereocenters. The van der Waals surface area contributed by atoms with Crippen LogP contribution in [0.25, 0.3) is 0 Å². The first kappa shape index (κ1) is 19.8. The van der Waals surface area contributed by atoms with Gasteiger partial charge in [-0.3, -0.25) is 4.79 Å². The quantitative estimate of drug-likeness (QED) is 0.576. The fourth-order valence-corrected chi connectivity index (χ4v) is 3.25. The number of carbonyl (C=O) groups is 1. The summed E-state index contributed by atoms with van der Waals surface area (Å²) in [5.74, 6) is 0.704. The number of carbonyl (C=O) groups excluding carboxylic acids is 1. The molecule has 0 radical (unpaired) electrons. The first-order valence-corrected chi connectivity index (χ1v) is 9.41. The first-order valence-electron chi connectivity index (χ1n) is 8.42. The Morgan fingerprint density at radius 3 is 2.54 bits per heavy atom. The Morgan fingerprint density at radius 2 is 1.86 bits per heavy atom. The second-order valence-corrected chi connectivity index (χ2v) is 6.78. The molecular weight excluding hydrogens is 386 g/mol. The predicted octanol–water partition coefficient (Wildman–Crippen LogP) is 3.97.